The number of carbonyl (C=O) groups excluding carboxylic acids is 2. The fourth-order valence-corrected chi connectivity index (χ4v) is 3.39. The fraction of sp³-hybridized carbons (Fsp3) is 0.667. The molecule has 0 radical (unpaired) electrons. The molecule has 6 nitrogen and oxygen atoms in total. The molecule has 0 saturated carbocycles. The molecule has 0 saturated heterocycles. The number of unbranched alkanes of at least 4 members (excludes halogenated alkanes) is 9. The van der Waals surface area contributed by atoms with Crippen LogP contribution in [0.1, 0.15) is 84.0 Å². The largest absolute Gasteiger partial charge is 0.496 e. The van der Waals surface area contributed by atoms with E-state index in [9.17, 15) is 9.59 Å². The number of rotatable bonds is 17. The third-order valence-corrected chi connectivity index (χ3v) is 5.15. The van der Waals surface area contributed by atoms with Gasteiger partial charge in [0, 0.05) is 18.6 Å². The summed E-state index contributed by atoms with van der Waals surface area (Å²) in [6, 6.07) is 3.31. The van der Waals surface area contributed by atoms with E-state index in [1.165, 1.54) is 59.2 Å². The van der Waals surface area contributed by atoms with Gasteiger partial charge >= 0.3 is 0 Å². The molecule has 6 heteroatoms. The minimum absolute atomic E-state index is 0.0430. The van der Waals surface area contributed by atoms with Crippen molar-refractivity contribution in [3.8, 4) is 17.2 Å². The number of anilines is 1. The molecule has 0 unspecified atom stereocenters. The van der Waals surface area contributed by atoms with E-state index < -0.39 is 0 Å². The summed E-state index contributed by atoms with van der Waals surface area (Å²) < 4.78 is 15.8. The van der Waals surface area contributed by atoms with Crippen molar-refractivity contribution in [3.63, 3.8) is 0 Å². The Morgan fingerprint density at radius 2 is 1.27 bits per heavy atom. The number of nitrogens with one attached hydrogen (secondary N) is 1. The monoisotopic (exact) mass is 421 g/mol. The molecule has 0 atom stereocenters. The van der Waals surface area contributed by atoms with Gasteiger partial charge in [0.2, 0.25) is 5.91 Å². The summed E-state index contributed by atoms with van der Waals surface area (Å²) in [4.78, 5) is 24.5. The molecule has 0 spiro atoms. The molecule has 0 aromatic heterocycles. The number of ether oxygens (including phenoxy) is 3. The van der Waals surface area contributed by atoms with Gasteiger partial charge in [0.1, 0.15) is 28.7 Å². The molecular formula is C24H39NO5. The minimum Gasteiger partial charge on any atom is -0.496 e. The van der Waals surface area contributed by atoms with Crippen LogP contribution >= 0.6 is 0 Å². The van der Waals surface area contributed by atoms with Gasteiger partial charge in [0.25, 0.3) is 0 Å². The van der Waals surface area contributed by atoms with E-state index in [2.05, 4.69) is 12.2 Å². The lowest BCUT2D eigenvalue weighted by molar-refractivity contribution is -0.125. The van der Waals surface area contributed by atoms with Crippen LogP contribution in [0.25, 0.3) is 0 Å². The number of benzene rings is 1. The lowest BCUT2D eigenvalue weighted by Crippen LogP contribution is -2.17. The van der Waals surface area contributed by atoms with Crippen molar-refractivity contribution >= 4 is 17.4 Å². The maximum atomic E-state index is 12.3. The molecule has 1 aromatic rings. The van der Waals surface area contributed by atoms with Crippen LogP contribution in [0, 0.1) is 0 Å². The van der Waals surface area contributed by atoms with Gasteiger partial charge in [-0.15, -0.1) is 0 Å². The van der Waals surface area contributed by atoms with Crippen molar-refractivity contribution in [2.24, 2.45) is 0 Å². The first kappa shape index (κ1) is 25.8. The quantitative estimate of drug-likeness (QED) is 0.250. The Morgan fingerprint density at radius 3 is 1.73 bits per heavy atom. The highest BCUT2D eigenvalue weighted by Crippen LogP contribution is 2.38. The van der Waals surface area contributed by atoms with Crippen molar-refractivity contribution in [3.05, 3.63) is 12.1 Å². The van der Waals surface area contributed by atoms with Gasteiger partial charge < -0.3 is 19.5 Å². The highest BCUT2D eigenvalue weighted by atomic mass is 16.5. The van der Waals surface area contributed by atoms with E-state index in [1.54, 1.807) is 19.2 Å². The van der Waals surface area contributed by atoms with Crippen molar-refractivity contribution in [2.75, 3.05) is 26.6 Å². The molecule has 0 heterocycles. The average Bonchev–Trinajstić information content (AvgIpc) is 2.74. The lowest BCUT2D eigenvalue weighted by atomic mass is 10.0. The summed E-state index contributed by atoms with van der Waals surface area (Å²) in [7, 11) is 4.54. The number of hydrogen-bond donors (Lipinski definition) is 1. The van der Waals surface area contributed by atoms with Crippen LogP contribution in [0.15, 0.2) is 12.1 Å². The standard InChI is InChI=1S/C24H39NO5/c1-5-6-7-8-9-10-11-12-13-14-15-19(26)16-23(27)25-24-21(29-3)17-20(28-2)18-22(24)30-4/h17-18H,5-16H2,1-4H3,(H,25,27). The Labute approximate surface area is 181 Å². The van der Waals surface area contributed by atoms with E-state index in [0.29, 0.717) is 29.4 Å². The van der Waals surface area contributed by atoms with Crippen LogP contribution in [0.5, 0.6) is 17.2 Å². The van der Waals surface area contributed by atoms with E-state index in [-0.39, 0.29) is 18.1 Å². The first-order valence-corrected chi connectivity index (χ1v) is 11.2. The summed E-state index contributed by atoms with van der Waals surface area (Å²) in [5, 5.41) is 2.74. The molecule has 0 aliphatic rings. The Balaban J connectivity index is 2.31. The SMILES string of the molecule is CCCCCCCCCCCCC(=O)CC(=O)Nc1c(OC)cc(OC)cc1OC. The second kappa shape index (κ2) is 15.6. The van der Waals surface area contributed by atoms with Gasteiger partial charge in [-0.1, -0.05) is 64.7 Å². The molecule has 0 aliphatic carbocycles. The van der Waals surface area contributed by atoms with Gasteiger partial charge in [0.05, 0.1) is 27.8 Å². The second-order valence-corrected chi connectivity index (χ2v) is 7.60. The van der Waals surface area contributed by atoms with Crippen LogP contribution in [0.4, 0.5) is 5.69 Å². The zero-order valence-corrected chi connectivity index (χ0v) is 19.2. The number of hydrogen-bond acceptors (Lipinski definition) is 5. The van der Waals surface area contributed by atoms with Gasteiger partial charge in [-0.2, -0.15) is 0 Å². The molecule has 1 rings (SSSR count). The number of ketones is 1. The van der Waals surface area contributed by atoms with Crippen LogP contribution < -0.4 is 19.5 Å². The molecular weight excluding hydrogens is 382 g/mol. The summed E-state index contributed by atoms with van der Waals surface area (Å²) in [6.45, 7) is 2.23. The van der Waals surface area contributed by atoms with E-state index in [1.807, 2.05) is 0 Å². The van der Waals surface area contributed by atoms with E-state index >= 15 is 0 Å². The van der Waals surface area contributed by atoms with E-state index in [4.69, 9.17) is 14.2 Å². The molecule has 170 valence electrons. The zero-order valence-electron chi connectivity index (χ0n) is 19.2. The smallest absolute Gasteiger partial charge is 0.232 e. The van der Waals surface area contributed by atoms with E-state index in [0.717, 1.165) is 19.3 Å². The highest BCUT2D eigenvalue weighted by Gasteiger charge is 2.17. The predicted molar refractivity (Wildman–Crippen MR) is 121 cm³/mol. The molecule has 0 fully saturated rings. The number of Topliss-reactive ketones (excluding diaryl/α,β-unsaturated/α-hetero) is 1. The normalized spacial score (nSPS) is 10.5. The van der Waals surface area contributed by atoms with Crippen LogP contribution in [0.3, 0.4) is 0 Å². The molecule has 1 N–H and O–H groups in total. The van der Waals surface area contributed by atoms with Gasteiger partial charge in [-0.25, -0.2) is 0 Å². The third-order valence-electron chi connectivity index (χ3n) is 5.15. The number of carbonyl (C=O) groups is 2. The van der Waals surface area contributed by atoms with Gasteiger partial charge in [-0.3, -0.25) is 9.59 Å². The lowest BCUT2D eigenvalue weighted by Gasteiger charge is -2.15. The molecule has 30 heavy (non-hydrogen) atoms. The first-order valence-electron chi connectivity index (χ1n) is 11.2. The van der Waals surface area contributed by atoms with Gasteiger partial charge in [-0.05, 0) is 6.42 Å². The Morgan fingerprint density at radius 1 is 0.767 bits per heavy atom. The molecule has 0 aliphatic heterocycles. The van der Waals surface area contributed by atoms with Crippen molar-refractivity contribution < 1.29 is 23.8 Å². The van der Waals surface area contributed by atoms with Gasteiger partial charge in [0.15, 0.2) is 0 Å². The minimum atomic E-state index is -0.367. The van der Waals surface area contributed by atoms with Crippen LogP contribution in [-0.2, 0) is 9.59 Å². The molecule has 1 amide bonds. The average molecular weight is 422 g/mol. The van der Waals surface area contributed by atoms with Crippen molar-refractivity contribution in [2.45, 2.75) is 84.0 Å². The number of methoxy groups -OCH3 is 3. The maximum Gasteiger partial charge on any atom is 0.232 e. The first-order chi connectivity index (χ1) is 14.5. The summed E-state index contributed by atoms with van der Waals surface area (Å²) in [5.41, 5.74) is 0.400. The number of amides is 1. The fourth-order valence-electron chi connectivity index (χ4n) is 3.39. The molecule has 0 bridgehead atoms. The highest BCUT2D eigenvalue weighted by molar-refractivity contribution is 6.05. The summed E-state index contributed by atoms with van der Waals surface area (Å²) >= 11 is 0. The summed E-state index contributed by atoms with van der Waals surface area (Å²) in [6.07, 6.45) is 12.5. The topological polar surface area (TPSA) is 73.9 Å². The second-order valence-electron chi connectivity index (χ2n) is 7.60. The third kappa shape index (κ3) is 9.99. The molecule has 1 aromatic carbocycles. The zero-order chi connectivity index (χ0) is 22.2. The Hall–Kier alpha value is -2.24. The predicted octanol–water partition coefficient (Wildman–Crippen LogP) is 5.92. The van der Waals surface area contributed by atoms with Crippen molar-refractivity contribution in [1.29, 1.82) is 0 Å². The Bertz CT molecular complexity index is 619. The van der Waals surface area contributed by atoms with Crippen LogP contribution in [0.2, 0.25) is 0 Å². The maximum absolute atomic E-state index is 12.3. The summed E-state index contributed by atoms with van der Waals surface area (Å²) in [5.74, 6) is 0.981. The Kier molecular flexibility index (Phi) is 13.4. The van der Waals surface area contributed by atoms with Crippen LogP contribution in [-0.4, -0.2) is 33.0 Å². The van der Waals surface area contributed by atoms with Crippen molar-refractivity contribution in [1.82, 2.24) is 0 Å².